The van der Waals surface area contributed by atoms with Gasteiger partial charge in [-0.2, -0.15) is 0 Å². The molecule has 0 saturated heterocycles. The van der Waals surface area contributed by atoms with Crippen LogP contribution in [0.5, 0.6) is 5.75 Å². The van der Waals surface area contributed by atoms with Crippen LogP contribution in [0.25, 0.3) is 11.0 Å². The van der Waals surface area contributed by atoms with Gasteiger partial charge in [-0.05, 0) is 18.2 Å². The lowest BCUT2D eigenvalue weighted by Crippen LogP contribution is -1.93. The molecular formula is C15H11ClO2. The van der Waals surface area contributed by atoms with Crippen LogP contribution in [-0.4, -0.2) is 0 Å². The van der Waals surface area contributed by atoms with E-state index in [0.717, 1.165) is 16.7 Å². The summed E-state index contributed by atoms with van der Waals surface area (Å²) in [5.74, 6) is 0.842. The molecule has 0 bridgehead atoms. The Labute approximate surface area is 110 Å². The van der Waals surface area contributed by atoms with E-state index in [1.54, 1.807) is 6.26 Å². The maximum atomic E-state index is 6.05. The van der Waals surface area contributed by atoms with Crippen LogP contribution in [0.2, 0.25) is 5.02 Å². The second-order valence-corrected chi connectivity index (χ2v) is 4.39. The lowest BCUT2D eigenvalue weighted by Gasteiger charge is -2.04. The van der Waals surface area contributed by atoms with Crippen molar-refractivity contribution >= 4 is 22.6 Å². The van der Waals surface area contributed by atoms with Crippen molar-refractivity contribution in [1.29, 1.82) is 0 Å². The Morgan fingerprint density at radius 1 is 1.00 bits per heavy atom. The Balaban J connectivity index is 1.85. The fraction of sp³-hybridized carbons (Fsp3) is 0.0667. The summed E-state index contributed by atoms with van der Waals surface area (Å²) in [7, 11) is 0. The molecule has 3 aromatic rings. The van der Waals surface area contributed by atoms with E-state index < -0.39 is 0 Å². The fourth-order valence-corrected chi connectivity index (χ4v) is 2.08. The van der Waals surface area contributed by atoms with Gasteiger partial charge in [-0.15, -0.1) is 0 Å². The number of hydrogen-bond donors (Lipinski definition) is 0. The molecule has 1 aromatic heterocycles. The summed E-state index contributed by atoms with van der Waals surface area (Å²) in [6.45, 7) is 0.470. The second kappa shape index (κ2) is 4.75. The highest BCUT2D eigenvalue weighted by Gasteiger charge is 2.08. The average Bonchev–Trinajstić information content (AvgIpc) is 2.82. The van der Waals surface area contributed by atoms with Crippen LogP contribution in [0.15, 0.2) is 59.2 Å². The minimum atomic E-state index is 0.470. The predicted molar refractivity (Wildman–Crippen MR) is 72.0 cm³/mol. The molecule has 2 nitrogen and oxygen atoms in total. The molecule has 0 saturated carbocycles. The van der Waals surface area contributed by atoms with Crippen LogP contribution < -0.4 is 4.74 Å². The molecule has 0 N–H and O–H groups in total. The Morgan fingerprint density at radius 3 is 2.67 bits per heavy atom. The summed E-state index contributed by atoms with van der Waals surface area (Å²) in [4.78, 5) is 0. The maximum Gasteiger partial charge on any atom is 0.152 e. The van der Waals surface area contributed by atoms with Gasteiger partial charge in [0.25, 0.3) is 0 Å². The normalized spacial score (nSPS) is 10.7. The largest absolute Gasteiger partial charge is 0.489 e. The molecule has 1 heterocycles. The topological polar surface area (TPSA) is 22.4 Å². The van der Waals surface area contributed by atoms with Crippen molar-refractivity contribution in [3.05, 3.63) is 65.4 Å². The van der Waals surface area contributed by atoms with Crippen molar-refractivity contribution < 1.29 is 9.15 Å². The molecule has 0 aliphatic rings. The number of para-hydroxylation sites is 2. The third-order valence-electron chi connectivity index (χ3n) is 2.77. The lowest BCUT2D eigenvalue weighted by atomic mass is 10.2. The highest BCUT2D eigenvalue weighted by molar-refractivity contribution is 6.34. The van der Waals surface area contributed by atoms with Gasteiger partial charge in [-0.25, -0.2) is 0 Å². The number of halogens is 1. The van der Waals surface area contributed by atoms with Gasteiger partial charge in [0.05, 0.1) is 11.3 Å². The first-order chi connectivity index (χ1) is 8.84. The Hall–Kier alpha value is -1.93. The third kappa shape index (κ3) is 2.07. The highest BCUT2D eigenvalue weighted by Crippen LogP contribution is 2.28. The number of ether oxygens (including phenoxy) is 1. The summed E-state index contributed by atoms with van der Waals surface area (Å²) in [5, 5.41) is 1.62. The van der Waals surface area contributed by atoms with Crippen LogP contribution in [0.1, 0.15) is 5.56 Å². The fourth-order valence-electron chi connectivity index (χ4n) is 1.86. The van der Waals surface area contributed by atoms with E-state index in [2.05, 4.69) is 0 Å². The quantitative estimate of drug-likeness (QED) is 0.681. The van der Waals surface area contributed by atoms with Gasteiger partial charge in [0, 0.05) is 10.9 Å². The molecular weight excluding hydrogens is 248 g/mol. The molecule has 0 spiro atoms. The van der Waals surface area contributed by atoms with E-state index in [4.69, 9.17) is 20.8 Å². The van der Waals surface area contributed by atoms with E-state index in [-0.39, 0.29) is 0 Å². The predicted octanol–water partition coefficient (Wildman–Crippen LogP) is 4.67. The van der Waals surface area contributed by atoms with E-state index in [9.17, 15) is 0 Å². The van der Waals surface area contributed by atoms with Gasteiger partial charge in [0.1, 0.15) is 12.4 Å². The minimum absolute atomic E-state index is 0.470. The van der Waals surface area contributed by atoms with Crippen LogP contribution in [0.4, 0.5) is 0 Å². The molecule has 3 rings (SSSR count). The zero-order valence-electron chi connectivity index (χ0n) is 9.60. The molecule has 0 atom stereocenters. The lowest BCUT2D eigenvalue weighted by molar-refractivity contribution is 0.306. The molecule has 0 aliphatic carbocycles. The summed E-state index contributed by atoms with van der Waals surface area (Å²) in [6.07, 6.45) is 1.69. The van der Waals surface area contributed by atoms with Crippen molar-refractivity contribution in [3.63, 3.8) is 0 Å². The van der Waals surface area contributed by atoms with E-state index >= 15 is 0 Å². The summed E-state index contributed by atoms with van der Waals surface area (Å²) >= 11 is 6.05. The Kier molecular flexibility index (Phi) is 2.95. The average molecular weight is 259 g/mol. The molecule has 90 valence electrons. The number of rotatable bonds is 3. The van der Waals surface area contributed by atoms with Gasteiger partial charge < -0.3 is 9.15 Å². The maximum absolute atomic E-state index is 6.05. The first-order valence-electron chi connectivity index (χ1n) is 5.67. The zero-order valence-corrected chi connectivity index (χ0v) is 10.4. The van der Waals surface area contributed by atoms with E-state index in [1.807, 2.05) is 48.5 Å². The van der Waals surface area contributed by atoms with Gasteiger partial charge in [0.2, 0.25) is 0 Å². The standard InChI is InChI=1S/C15H11ClO2/c16-14-8-4-7-13-11(10-18-15(13)14)9-17-12-5-2-1-3-6-12/h1-8,10H,9H2. The van der Waals surface area contributed by atoms with Crippen LogP contribution >= 0.6 is 11.6 Å². The monoisotopic (exact) mass is 258 g/mol. The van der Waals surface area contributed by atoms with Crippen LogP contribution in [0.3, 0.4) is 0 Å². The van der Waals surface area contributed by atoms with Crippen molar-refractivity contribution in [1.82, 2.24) is 0 Å². The first kappa shape index (κ1) is 11.2. The summed E-state index contributed by atoms with van der Waals surface area (Å²) < 4.78 is 11.2. The Bertz CT molecular complexity index is 659. The number of furan rings is 1. The van der Waals surface area contributed by atoms with Gasteiger partial charge in [0.15, 0.2) is 5.58 Å². The third-order valence-corrected chi connectivity index (χ3v) is 3.07. The molecule has 2 aromatic carbocycles. The summed E-state index contributed by atoms with van der Waals surface area (Å²) in [5.41, 5.74) is 1.71. The number of benzene rings is 2. The molecule has 0 amide bonds. The smallest absolute Gasteiger partial charge is 0.152 e. The molecule has 18 heavy (non-hydrogen) atoms. The van der Waals surface area contributed by atoms with Crippen LogP contribution in [-0.2, 0) is 6.61 Å². The number of hydrogen-bond acceptors (Lipinski definition) is 2. The summed E-state index contributed by atoms with van der Waals surface area (Å²) in [6, 6.07) is 15.4. The zero-order chi connectivity index (χ0) is 12.4. The number of fused-ring (bicyclic) bond motifs is 1. The SMILES string of the molecule is Clc1cccc2c(COc3ccccc3)coc12. The molecule has 0 unspecified atom stereocenters. The van der Waals surface area contributed by atoms with Crippen molar-refractivity contribution in [2.45, 2.75) is 6.61 Å². The molecule has 0 fully saturated rings. The van der Waals surface area contributed by atoms with Crippen molar-refractivity contribution in [2.24, 2.45) is 0 Å². The van der Waals surface area contributed by atoms with Crippen molar-refractivity contribution in [2.75, 3.05) is 0 Å². The molecule has 0 radical (unpaired) electrons. The van der Waals surface area contributed by atoms with Gasteiger partial charge in [-0.3, -0.25) is 0 Å². The van der Waals surface area contributed by atoms with Crippen molar-refractivity contribution in [3.8, 4) is 5.75 Å². The first-order valence-corrected chi connectivity index (χ1v) is 6.05. The minimum Gasteiger partial charge on any atom is -0.489 e. The second-order valence-electron chi connectivity index (χ2n) is 3.98. The van der Waals surface area contributed by atoms with E-state index in [0.29, 0.717) is 17.2 Å². The van der Waals surface area contributed by atoms with Gasteiger partial charge in [-0.1, -0.05) is 41.9 Å². The van der Waals surface area contributed by atoms with E-state index in [1.165, 1.54) is 0 Å². The Morgan fingerprint density at radius 2 is 1.83 bits per heavy atom. The van der Waals surface area contributed by atoms with Crippen LogP contribution in [0, 0.1) is 0 Å². The van der Waals surface area contributed by atoms with Gasteiger partial charge >= 0.3 is 0 Å². The highest BCUT2D eigenvalue weighted by atomic mass is 35.5. The molecule has 3 heteroatoms. The molecule has 0 aliphatic heterocycles.